The summed E-state index contributed by atoms with van der Waals surface area (Å²) in [5.41, 5.74) is 2.24. The van der Waals surface area contributed by atoms with Crippen LogP contribution in [-0.4, -0.2) is 11.8 Å². The molecule has 3 aromatic rings. The van der Waals surface area contributed by atoms with Crippen molar-refractivity contribution in [3.63, 3.8) is 0 Å². The van der Waals surface area contributed by atoms with E-state index in [1.54, 1.807) is 24.3 Å². The molecular weight excluding hydrogens is 388 g/mol. The summed E-state index contributed by atoms with van der Waals surface area (Å²) in [6.45, 7) is 1.97. The minimum absolute atomic E-state index is 0.0603. The van der Waals surface area contributed by atoms with Gasteiger partial charge in [0.15, 0.2) is 0 Å². The van der Waals surface area contributed by atoms with Gasteiger partial charge in [0.05, 0.1) is 5.69 Å². The molecule has 1 aliphatic heterocycles. The molecule has 3 aromatic carbocycles. The van der Waals surface area contributed by atoms with Crippen LogP contribution in [0.25, 0.3) is 0 Å². The van der Waals surface area contributed by atoms with Crippen molar-refractivity contribution in [1.29, 1.82) is 0 Å². The maximum atomic E-state index is 12.8. The summed E-state index contributed by atoms with van der Waals surface area (Å²) in [4.78, 5) is 26.5. The van der Waals surface area contributed by atoms with Crippen LogP contribution in [0, 0.1) is 6.92 Å². The highest BCUT2D eigenvalue weighted by molar-refractivity contribution is 6.53. The van der Waals surface area contributed by atoms with Crippen molar-refractivity contribution in [2.75, 3.05) is 10.2 Å². The summed E-state index contributed by atoms with van der Waals surface area (Å²) in [6, 6.07) is 23.5. The summed E-state index contributed by atoms with van der Waals surface area (Å²) in [7, 11) is 0. The van der Waals surface area contributed by atoms with Gasteiger partial charge >= 0.3 is 0 Å². The first kappa shape index (κ1) is 18.8. The molecule has 29 heavy (non-hydrogen) atoms. The number of aryl methyl sites for hydroxylation is 1. The smallest absolute Gasteiger partial charge is 0.283 e. The number of ether oxygens (including phenoxy) is 1. The van der Waals surface area contributed by atoms with Gasteiger partial charge < -0.3 is 10.1 Å². The van der Waals surface area contributed by atoms with E-state index in [1.807, 2.05) is 61.5 Å². The second-order valence-corrected chi connectivity index (χ2v) is 6.91. The molecule has 1 heterocycles. The second kappa shape index (κ2) is 7.81. The Labute approximate surface area is 173 Å². The summed E-state index contributed by atoms with van der Waals surface area (Å²) in [6.07, 6.45) is 0. The van der Waals surface area contributed by atoms with Crippen LogP contribution in [0.5, 0.6) is 11.5 Å². The first-order valence-corrected chi connectivity index (χ1v) is 9.36. The largest absolute Gasteiger partial charge is 0.457 e. The van der Waals surface area contributed by atoms with Crippen molar-refractivity contribution in [1.82, 2.24) is 0 Å². The number of hydrogen-bond acceptors (Lipinski definition) is 4. The fourth-order valence-electron chi connectivity index (χ4n) is 2.91. The minimum atomic E-state index is -0.567. The Morgan fingerprint density at radius 1 is 0.793 bits per heavy atom. The SMILES string of the molecule is Cc1ccc(NC2=C(Cl)C(=O)N(c3ccc(Oc4ccccc4)cc3)C2=O)cc1. The molecule has 0 saturated carbocycles. The first-order chi connectivity index (χ1) is 14.0. The average Bonchev–Trinajstić information content (AvgIpc) is 2.94. The van der Waals surface area contributed by atoms with Crippen LogP contribution >= 0.6 is 11.6 Å². The number of carbonyl (C=O) groups is 2. The van der Waals surface area contributed by atoms with Crippen molar-refractivity contribution in [3.8, 4) is 11.5 Å². The van der Waals surface area contributed by atoms with E-state index in [4.69, 9.17) is 16.3 Å². The third-order valence-electron chi connectivity index (χ3n) is 4.42. The molecule has 0 aromatic heterocycles. The Hall–Kier alpha value is -3.57. The van der Waals surface area contributed by atoms with Gasteiger partial charge in [0.25, 0.3) is 11.8 Å². The van der Waals surface area contributed by atoms with Crippen LogP contribution in [-0.2, 0) is 9.59 Å². The molecule has 1 N–H and O–H groups in total. The van der Waals surface area contributed by atoms with E-state index in [0.717, 1.165) is 10.5 Å². The number of para-hydroxylation sites is 1. The Balaban J connectivity index is 1.52. The van der Waals surface area contributed by atoms with E-state index in [-0.39, 0.29) is 10.7 Å². The van der Waals surface area contributed by atoms with Crippen molar-refractivity contribution in [2.24, 2.45) is 0 Å². The molecule has 4 rings (SSSR count). The fraction of sp³-hybridized carbons (Fsp3) is 0.0435. The predicted molar refractivity (Wildman–Crippen MR) is 113 cm³/mol. The van der Waals surface area contributed by atoms with Gasteiger partial charge in [-0.1, -0.05) is 47.5 Å². The van der Waals surface area contributed by atoms with Gasteiger partial charge in [-0.2, -0.15) is 0 Å². The summed E-state index contributed by atoms with van der Waals surface area (Å²) in [5, 5.41) is 2.81. The quantitative estimate of drug-likeness (QED) is 0.592. The normalized spacial score (nSPS) is 13.8. The molecule has 0 radical (unpaired) electrons. The summed E-state index contributed by atoms with van der Waals surface area (Å²) >= 11 is 6.17. The number of hydrogen-bond donors (Lipinski definition) is 1. The number of nitrogens with zero attached hydrogens (tertiary/aromatic N) is 1. The Kier molecular flexibility index (Phi) is 5.06. The van der Waals surface area contributed by atoms with E-state index in [1.165, 1.54) is 0 Å². The van der Waals surface area contributed by atoms with E-state index in [9.17, 15) is 9.59 Å². The second-order valence-electron chi connectivity index (χ2n) is 6.53. The van der Waals surface area contributed by atoms with Crippen molar-refractivity contribution < 1.29 is 14.3 Å². The number of imide groups is 1. The number of nitrogens with one attached hydrogen (secondary N) is 1. The zero-order chi connectivity index (χ0) is 20.4. The lowest BCUT2D eigenvalue weighted by molar-refractivity contribution is -0.120. The Morgan fingerprint density at radius 3 is 2.07 bits per heavy atom. The molecule has 0 saturated heterocycles. The first-order valence-electron chi connectivity index (χ1n) is 8.98. The molecule has 0 aliphatic carbocycles. The molecule has 1 aliphatic rings. The van der Waals surface area contributed by atoms with E-state index < -0.39 is 11.8 Å². The molecule has 0 bridgehead atoms. The number of anilines is 2. The van der Waals surface area contributed by atoms with Crippen LogP contribution in [0.1, 0.15) is 5.56 Å². The van der Waals surface area contributed by atoms with E-state index in [2.05, 4.69) is 5.32 Å². The van der Waals surface area contributed by atoms with Crippen LogP contribution in [0.4, 0.5) is 11.4 Å². The zero-order valence-electron chi connectivity index (χ0n) is 15.6. The molecule has 0 fully saturated rings. The minimum Gasteiger partial charge on any atom is -0.457 e. The zero-order valence-corrected chi connectivity index (χ0v) is 16.3. The van der Waals surface area contributed by atoms with Crippen LogP contribution in [0.3, 0.4) is 0 Å². The molecule has 2 amide bonds. The summed E-state index contributed by atoms with van der Waals surface area (Å²) in [5.74, 6) is 0.222. The standard InChI is InChI=1S/C23H17ClN2O3/c1-15-7-9-16(10-8-15)25-21-20(24)22(27)26(23(21)28)17-11-13-19(14-12-17)29-18-5-3-2-4-6-18/h2-14,25H,1H3. The van der Waals surface area contributed by atoms with Crippen LogP contribution in [0.15, 0.2) is 89.6 Å². The van der Waals surface area contributed by atoms with Crippen molar-refractivity contribution in [2.45, 2.75) is 6.92 Å². The molecule has 0 unspecified atom stereocenters. The summed E-state index contributed by atoms with van der Waals surface area (Å²) < 4.78 is 5.74. The highest BCUT2D eigenvalue weighted by atomic mass is 35.5. The van der Waals surface area contributed by atoms with Gasteiger partial charge in [0.2, 0.25) is 0 Å². The fourth-order valence-corrected chi connectivity index (χ4v) is 3.13. The van der Waals surface area contributed by atoms with E-state index >= 15 is 0 Å². The number of carbonyl (C=O) groups excluding carboxylic acids is 2. The molecule has 0 spiro atoms. The van der Waals surface area contributed by atoms with Gasteiger partial charge in [0, 0.05) is 5.69 Å². The number of benzene rings is 3. The third kappa shape index (κ3) is 3.86. The van der Waals surface area contributed by atoms with Gasteiger partial charge in [-0.3, -0.25) is 9.59 Å². The maximum Gasteiger partial charge on any atom is 0.283 e. The van der Waals surface area contributed by atoms with Gasteiger partial charge in [0.1, 0.15) is 22.2 Å². The highest BCUT2D eigenvalue weighted by Crippen LogP contribution is 2.32. The molecule has 144 valence electrons. The van der Waals surface area contributed by atoms with Gasteiger partial charge in [-0.15, -0.1) is 0 Å². The predicted octanol–water partition coefficient (Wildman–Crippen LogP) is 5.22. The van der Waals surface area contributed by atoms with Crippen molar-refractivity contribution >= 4 is 34.8 Å². The number of rotatable bonds is 5. The third-order valence-corrected chi connectivity index (χ3v) is 4.77. The monoisotopic (exact) mass is 404 g/mol. The van der Waals surface area contributed by atoms with Crippen LogP contribution in [0.2, 0.25) is 0 Å². The molecule has 6 heteroatoms. The lowest BCUT2D eigenvalue weighted by Gasteiger charge is -2.16. The molecular formula is C23H17ClN2O3. The van der Waals surface area contributed by atoms with Gasteiger partial charge in [-0.05, 0) is 55.5 Å². The number of amides is 2. The molecule has 5 nitrogen and oxygen atoms in total. The Bertz CT molecular complexity index is 1090. The van der Waals surface area contributed by atoms with Crippen LogP contribution < -0.4 is 15.0 Å². The Morgan fingerprint density at radius 2 is 1.41 bits per heavy atom. The molecule has 0 atom stereocenters. The lowest BCUT2D eigenvalue weighted by atomic mass is 10.2. The highest BCUT2D eigenvalue weighted by Gasteiger charge is 2.38. The topological polar surface area (TPSA) is 58.6 Å². The van der Waals surface area contributed by atoms with E-state index in [0.29, 0.717) is 22.9 Å². The lowest BCUT2D eigenvalue weighted by Crippen LogP contribution is -2.32. The maximum absolute atomic E-state index is 12.8. The van der Waals surface area contributed by atoms with Gasteiger partial charge in [-0.25, -0.2) is 4.90 Å². The van der Waals surface area contributed by atoms with Crippen molar-refractivity contribution in [3.05, 3.63) is 95.2 Å². The average molecular weight is 405 g/mol. The number of halogens is 1.